The lowest BCUT2D eigenvalue weighted by Crippen LogP contribution is -2.09. The molecule has 4 heteroatoms. The first-order chi connectivity index (χ1) is 8.63. The van der Waals surface area contributed by atoms with Gasteiger partial charge >= 0.3 is 0 Å². The maximum Gasteiger partial charge on any atom is 0.182 e. The fraction of sp³-hybridized carbons (Fsp3) is 0.357. The minimum Gasteiger partial charge on any atom is -0.494 e. The van der Waals surface area contributed by atoms with Crippen molar-refractivity contribution in [2.24, 2.45) is 0 Å². The van der Waals surface area contributed by atoms with Gasteiger partial charge in [0.15, 0.2) is 5.78 Å². The molecule has 0 aliphatic heterocycles. The summed E-state index contributed by atoms with van der Waals surface area (Å²) in [6.45, 7) is 4.41. The van der Waals surface area contributed by atoms with E-state index in [1.54, 1.807) is 13.1 Å². The van der Waals surface area contributed by atoms with E-state index in [1.807, 2.05) is 18.2 Å². The van der Waals surface area contributed by atoms with E-state index in [0.29, 0.717) is 12.2 Å². The summed E-state index contributed by atoms with van der Waals surface area (Å²) in [5.74, 6) is 0.704. The van der Waals surface area contributed by atoms with Crippen molar-refractivity contribution in [1.29, 1.82) is 0 Å². The molecule has 1 aromatic carbocycles. The summed E-state index contributed by atoms with van der Waals surface area (Å²) in [5.41, 5.74) is 1.54. The molecule has 1 unspecified atom stereocenters. The molecule has 1 N–H and O–H groups in total. The fourth-order valence-electron chi connectivity index (χ4n) is 1.83. The number of aromatic nitrogens is 1. The number of rotatable bonds is 5. The van der Waals surface area contributed by atoms with Crippen LogP contribution in [0.4, 0.5) is 0 Å². The minimum absolute atomic E-state index is 0.0736. The molecule has 0 saturated carbocycles. The van der Waals surface area contributed by atoms with Crippen LogP contribution in [-0.2, 0) is 0 Å². The first kappa shape index (κ1) is 13.0. The second-order valence-electron chi connectivity index (χ2n) is 4.24. The number of hydrogen-bond acceptors (Lipinski definition) is 2. The normalized spacial score (nSPS) is 12.6. The Morgan fingerprint density at radius 2 is 2.28 bits per heavy atom. The number of alkyl halides is 1. The van der Waals surface area contributed by atoms with Crippen LogP contribution in [0.15, 0.2) is 24.4 Å². The van der Waals surface area contributed by atoms with E-state index >= 15 is 0 Å². The summed E-state index contributed by atoms with van der Waals surface area (Å²) in [6, 6.07) is 5.69. The fourth-order valence-corrected chi connectivity index (χ4v) is 1.95. The zero-order valence-corrected chi connectivity index (χ0v) is 11.3. The summed E-state index contributed by atoms with van der Waals surface area (Å²) in [4.78, 5) is 15.0. The summed E-state index contributed by atoms with van der Waals surface area (Å²) in [5, 5.41) is 0.338. The van der Waals surface area contributed by atoms with E-state index in [-0.39, 0.29) is 5.78 Å². The van der Waals surface area contributed by atoms with Crippen molar-refractivity contribution in [2.75, 3.05) is 6.61 Å². The molecule has 1 atom stereocenters. The number of fused-ring (bicyclic) bond motifs is 1. The molecular weight excluding hydrogens is 250 g/mol. The number of carbonyl (C=O) groups excluding carboxylic acids is 1. The second-order valence-corrected chi connectivity index (χ2v) is 4.89. The van der Waals surface area contributed by atoms with E-state index in [9.17, 15) is 4.79 Å². The number of Topliss-reactive ketones (excluding diaryl/α,β-unsaturated/α-hetero) is 1. The van der Waals surface area contributed by atoms with Gasteiger partial charge in [-0.3, -0.25) is 4.79 Å². The molecule has 0 aliphatic rings. The van der Waals surface area contributed by atoms with Crippen LogP contribution in [-0.4, -0.2) is 22.8 Å². The molecule has 0 bridgehead atoms. The average Bonchev–Trinajstić information content (AvgIpc) is 2.78. The highest BCUT2D eigenvalue weighted by atomic mass is 35.5. The molecule has 0 spiro atoms. The second kappa shape index (κ2) is 5.44. The Labute approximate surface area is 111 Å². The van der Waals surface area contributed by atoms with E-state index in [4.69, 9.17) is 16.3 Å². The van der Waals surface area contributed by atoms with E-state index in [0.717, 1.165) is 23.1 Å². The smallest absolute Gasteiger partial charge is 0.182 e. The Kier molecular flexibility index (Phi) is 3.92. The van der Waals surface area contributed by atoms with Crippen LogP contribution in [0, 0.1) is 0 Å². The lowest BCUT2D eigenvalue weighted by molar-refractivity contribution is 0.0993. The van der Waals surface area contributed by atoms with Gasteiger partial charge in [-0.15, -0.1) is 11.6 Å². The number of halogens is 1. The van der Waals surface area contributed by atoms with Crippen LogP contribution in [0.25, 0.3) is 10.9 Å². The van der Waals surface area contributed by atoms with Gasteiger partial charge in [-0.25, -0.2) is 0 Å². The molecule has 0 radical (unpaired) electrons. The number of ether oxygens (including phenoxy) is 1. The number of aromatic amines is 1. The summed E-state index contributed by atoms with van der Waals surface area (Å²) >= 11 is 5.85. The Morgan fingerprint density at radius 1 is 1.50 bits per heavy atom. The molecule has 1 heterocycles. The lowest BCUT2D eigenvalue weighted by Gasteiger charge is -2.05. The first-order valence-corrected chi connectivity index (χ1v) is 6.49. The van der Waals surface area contributed by atoms with Crippen LogP contribution in [0.5, 0.6) is 5.75 Å². The van der Waals surface area contributed by atoms with Crippen molar-refractivity contribution in [1.82, 2.24) is 4.98 Å². The summed E-state index contributed by atoms with van der Waals surface area (Å²) < 4.78 is 5.57. The van der Waals surface area contributed by atoms with Gasteiger partial charge in [0.25, 0.3) is 0 Å². The van der Waals surface area contributed by atoms with Gasteiger partial charge in [-0.05, 0) is 31.5 Å². The number of nitrogens with one attached hydrogen (secondary N) is 1. The zero-order valence-electron chi connectivity index (χ0n) is 10.5. The van der Waals surface area contributed by atoms with Crippen LogP contribution in [0.2, 0.25) is 0 Å². The molecule has 2 rings (SSSR count). The monoisotopic (exact) mass is 265 g/mol. The average molecular weight is 266 g/mol. The third-order valence-corrected chi connectivity index (χ3v) is 2.95. The van der Waals surface area contributed by atoms with Gasteiger partial charge in [-0.1, -0.05) is 6.92 Å². The van der Waals surface area contributed by atoms with Crippen LogP contribution >= 0.6 is 11.6 Å². The van der Waals surface area contributed by atoms with Crippen molar-refractivity contribution in [3.63, 3.8) is 0 Å². The van der Waals surface area contributed by atoms with Gasteiger partial charge in [0, 0.05) is 22.7 Å². The lowest BCUT2D eigenvalue weighted by atomic mass is 10.1. The topological polar surface area (TPSA) is 42.1 Å². The largest absolute Gasteiger partial charge is 0.494 e. The van der Waals surface area contributed by atoms with Crippen molar-refractivity contribution in [2.45, 2.75) is 25.6 Å². The molecular formula is C14H16ClNO2. The number of hydrogen-bond donors (Lipinski definition) is 1. The highest BCUT2D eigenvalue weighted by molar-refractivity contribution is 6.35. The van der Waals surface area contributed by atoms with Gasteiger partial charge in [0.1, 0.15) is 5.75 Å². The van der Waals surface area contributed by atoms with Crippen molar-refractivity contribution >= 4 is 28.3 Å². The van der Waals surface area contributed by atoms with Gasteiger partial charge in [0.2, 0.25) is 0 Å². The maximum atomic E-state index is 12.0. The number of ketones is 1. The Balaban J connectivity index is 2.40. The summed E-state index contributed by atoms with van der Waals surface area (Å²) in [6.07, 6.45) is 2.66. The van der Waals surface area contributed by atoms with Gasteiger partial charge in [0.05, 0.1) is 12.0 Å². The molecule has 0 aliphatic carbocycles. The molecule has 0 saturated heterocycles. The maximum absolute atomic E-state index is 12.0. The number of benzene rings is 1. The molecule has 96 valence electrons. The molecule has 2 aromatic rings. The first-order valence-electron chi connectivity index (χ1n) is 6.05. The number of carbonyl (C=O) groups is 1. The van der Waals surface area contributed by atoms with Crippen molar-refractivity contribution < 1.29 is 9.53 Å². The van der Waals surface area contributed by atoms with E-state index < -0.39 is 5.38 Å². The Morgan fingerprint density at radius 3 is 2.94 bits per heavy atom. The number of H-pyrrole nitrogens is 1. The predicted molar refractivity (Wildman–Crippen MR) is 73.7 cm³/mol. The van der Waals surface area contributed by atoms with E-state index in [2.05, 4.69) is 11.9 Å². The standard InChI is InChI=1S/C14H16ClNO2/c1-3-6-18-10-4-5-13-11(7-10)12(8-16-13)14(17)9(2)15/h4-5,7-9,16H,3,6H2,1-2H3. The van der Waals surface area contributed by atoms with Crippen LogP contribution in [0.3, 0.4) is 0 Å². The molecule has 18 heavy (non-hydrogen) atoms. The Hall–Kier alpha value is -1.48. The van der Waals surface area contributed by atoms with E-state index in [1.165, 1.54) is 0 Å². The summed E-state index contributed by atoms with van der Waals surface area (Å²) in [7, 11) is 0. The van der Waals surface area contributed by atoms with Crippen molar-refractivity contribution in [3.05, 3.63) is 30.0 Å². The quantitative estimate of drug-likeness (QED) is 0.661. The highest BCUT2D eigenvalue weighted by Crippen LogP contribution is 2.25. The van der Waals surface area contributed by atoms with Crippen LogP contribution in [0.1, 0.15) is 30.6 Å². The van der Waals surface area contributed by atoms with Crippen molar-refractivity contribution in [3.8, 4) is 5.75 Å². The molecule has 0 amide bonds. The predicted octanol–water partition coefficient (Wildman–Crippen LogP) is 3.77. The third-order valence-electron chi connectivity index (χ3n) is 2.75. The molecule has 3 nitrogen and oxygen atoms in total. The third kappa shape index (κ3) is 2.51. The Bertz CT molecular complexity index is 560. The molecule has 0 fully saturated rings. The molecule has 1 aromatic heterocycles. The van der Waals surface area contributed by atoms with Crippen LogP contribution < -0.4 is 4.74 Å². The van der Waals surface area contributed by atoms with Gasteiger partial charge < -0.3 is 9.72 Å². The van der Waals surface area contributed by atoms with Gasteiger partial charge in [-0.2, -0.15) is 0 Å². The minimum atomic E-state index is -0.524. The zero-order chi connectivity index (χ0) is 13.1. The highest BCUT2D eigenvalue weighted by Gasteiger charge is 2.17. The SMILES string of the molecule is CCCOc1ccc2[nH]cc(C(=O)C(C)Cl)c2c1.